The summed E-state index contributed by atoms with van der Waals surface area (Å²) < 4.78 is 0. The Bertz CT molecular complexity index is 838. The van der Waals surface area contributed by atoms with E-state index in [1.165, 1.54) is 16.5 Å². The zero-order valence-corrected chi connectivity index (χ0v) is 14.5. The van der Waals surface area contributed by atoms with E-state index >= 15 is 0 Å². The zero-order valence-electron chi connectivity index (χ0n) is 14.5. The van der Waals surface area contributed by atoms with Crippen molar-refractivity contribution < 1.29 is 4.79 Å². The molecular weight excluding hydrogens is 296 g/mol. The number of hydrogen-bond donors (Lipinski definition) is 2. The van der Waals surface area contributed by atoms with Gasteiger partial charge in [-0.1, -0.05) is 45.0 Å². The smallest absolute Gasteiger partial charge is 0.251 e. The molecular formula is C21H24N2O. The quantitative estimate of drug-likeness (QED) is 0.733. The number of hydrogen-bond acceptors (Lipinski definition) is 1. The van der Waals surface area contributed by atoms with Crippen LogP contribution in [0.3, 0.4) is 0 Å². The molecule has 1 aromatic heterocycles. The summed E-state index contributed by atoms with van der Waals surface area (Å²) >= 11 is 0. The van der Waals surface area contributed by atoms with Crippen molar-refractivity contribution in [3.63, 3.8) is 0 Å². The Labute approximate surface area is 143 Å². The third-order valence-electron chi connectivity index (χ3n) is 4.33. The molecule has 3 rings (SSSR count). The van der Waals surface area contributed by atoms with Crippen LogP contribution in [0, 0.1) is 0 Å². The molecule has 2 N–H and O–H groups in total. The Morgan fingerprint density at radius 1 is 1.04 bits per heavy atom. The molecule has 3 aromatic rings. The highest BCUT2D eigenvalue weighted by molar-refractivity contribution is 5.94. The molecule has 0 unspecified atom stereocenters. The van der Waals surface area contributed by atoms with E-state index in [1.807, 2.05) is 30.5 Å². The summed E-state index contributed by atoms with van der Waals surface area (Å²) in [6.07, 6.45) is 2.76. The lowest BCUT2D eigenvalue weighted by Crippen LogP contribution is -2.25. The number of H-pyrrole nitrogens is 1. The van der Waals surface area contributed by atoms with Crippen LogP contribution in [0.25, 0.3) is 10.9 Å². The van der Waals surface area contributed by atoms with E-state index in [0.717, 1.165) is 11.9 Å². The zero-order chi connectivity index (χ0) is 17.2. The number of fused-ring (bicyclic) bond motifs is 1. The van der Waals surface area contributed by atoms with Crippen LogP contribution >= 0.6 is 0 Å². The molecule has 0 spiro atoms. The van der Waals surface area contributed by atoms with E-state index in [9.17, 15) is 4.79 Å². The topological polar surface area (TPSA) is 44.9 Å². The summed E-state index contributed by atoms with van der Waals surface area (Å²) in [7, 11) is 0. The van der Waals surface area contributed by atoms with Gasteiger partial charge in [-0.15, -0.1) is 0 Å². The molecule has 0 aliphatic rings. The molecule has 2 aromatic carbocycles. The summed E-state index contributed by atoms with van der Waals surface area (Å²) in [5.41, 5.74) is 4.40. The minimum Gasteiger partial charge on any atom is -0.361 e. The van der Waals surface area contributed by atoms with Gasteiger partial charge in [0, 0.05) is 23.8 Å². The Balaban J connectivity index is 1.57. The number of benzene rings is 2. The Hall–Kier alpha value is -2.55. The van der Waals surface area contributed by atoms with Crippen LogP contribution in [0.1, 0.15) is 42.3 Å². The molecule has 0 bridgehead atoms. The molecule has 1 heterocycles. The lowest BCUT2D eigenvalue weighted by Gasteiger charge is -2.19. The molecule has 24 heavy (non-hydrogen) atoms. The van der Waals surface area contributed by atoms with Crippen molar-refractivity contribution in [2.24, 2.45) is 0 Å². The highest BCUT2D eigenvalue weighted by Gasteiger charge is 2.14. The van der Waals surface area contributed by atoms with Crippen LogP contribution in [-0.4, -0.2) is 17.4 Å². The number of amides is 1. The first-order chi connectivity index (χ1) is 11.4. The molecule has 1 amide bonds. The highest BCUT2D eigenvalue weighted by Crippen LogP contribution is 2.22. The van der Waals surface area contributed by atoms with Crippen molar-refractivity contribution in [3.05, 3.63) is 71.4 Å². The van der Waals surface area contributed by atoms with Crippen molar-refractivity contribution >= 4 is 16.8 Å². The van der Waals surface area contributed by atoms with E-state index in [1.54, 1.807) is 0 Å². The third-order valence-corrected chi connectivity index (χ3v) is 4.33. The number of carbonyl (C=O) groups is 1. The van der Waals surface area contributed by atoms with Crippen LogP contribution in [0.5, 0.6) is 0 Å². The average molecular weight is 320 g/mol. The van der Waals surface area contributed by atoms with Crippen LogP contribution in [0.2, 0.25) is 0 Å². The van der Waals surface area contributed by atoms with Gasteiger partial charge in [-0.2, -0.15) is 0 Å². The van der Waals surface area contributed by atoms with Gasteiger partial charge in [0.15, 0.2) is 0 Å². The first kappa shape index (κ1) is 16.3. The van der Waals surface area contributed by atoms with Gasteiger partial charge in [-0.25, -0.2) is 0 Å². The summed E-state index contributed by atoms with van der Waals surface area (Å²) in [6, 6.07) is 16.3. The van der Waals surface area contributed by atoms with Gasteiger partial charge in [-0.3, -0.25) is 4.79 Å². The molecule has 0 fully saturated rings. The molecule has 0 saturated carbocycles. The van der Waals surface area contributed by atoms with Gasteiger partial charge in [-0.05, 0) is 52.6 Å². The molecule has 0 saturated heterocycles. The van der Waals surface area contributed by atoms with E-state index < -0.39 is 0 Å². The lowest BCUT2D eigenvalue weighted by atomic mass is 9.87. The normalized spacial score (nSPS) is 11.6. The maximum atomic E-state index is 12.2. The van der Waals surface area contributed by atoms with Gasteiger partial charge in [0.25, 0.3) is 5.91 Å². The molecule has 0 atom stereocenters. The monoisotopic (exact) mass is 320 g/mol. The van der Waals surface area contributed by atoms with Crippen molar-refractivity contribution in [2.75, 3.05) is 6.54 Å². The summed E-state index contributed by atoms with van der Waals surface area (Å²) in [6.45, 7) is 7.14. The van der Waals surface area contributed by atoms with Crippen LogP contribution in [0.4, 0.5) is 0 Å². The second kappa shape index (κ2) is 6.52. The largest absolute Gasteiger partial charge is 0.361 e. The number of carbonyl (C=O) groups excluding carboxylic acids is 1. The van der Waals surface area contributed by atoms with Crippen LogP contribution in [-0.2, 0) is 11.8 Å². The number of aromatic amines is 1. The molecule has 3 heteroatoms. The standard InChI is InChI=1S/C21H24N2O/c1-21(2,3)18-8-6-17(7-9-18)20(24)23-12-10-15-4-5-16-11-13-22-19(16)14-15/h4-9,11,13-14,22H,10,12H2,1-3H3,(H,23,24). The van der Waals surface area contributed by atoms with Crippen LogP contribution in [0.15, 0.2) is 54.7 Å². The van der Waals surface area contributed by atoms with Gasteiger partial charge >= 0.3 is 0 Å². The van der Waals surface area contributed by atoms with Crippen LogP contribution < -0.4 is 5.32 Å². The Morgan fingerprint density at radius 2 is 1.79 bits per heavy atom. The third kappa shape index (κ3) is 3.67. The van der Waals surface area contributed by atoms with E-state index in [-0.39, 0.29) is 11.3 Å². The number of nitrogens with one attached hydrogen (secondary N) is 2. The predicted octanol–water partition coefficient (Wildman–Crippen LogP) is 4.44. The second-order valence-corrected chi connectivity index (χ2v) is 7.23. The number of aromatic nitrogens is 1. The first-order valence-corrected chi connectivity index (χ1v) is 8.38. The van der Waals surface area contributed by atoms with E-state index in [0.29, 0.717) is 12.1 Å². The summed E-state index contributed by atoms with van der Waals surface area (Å²) in [4.78, 5) is 15.5. The van der Waals surface area contributed by atoms with Gasteiger partial charge in [0.05, 0.1) is 0 Å². The summed E-state index contributed by atoms with van der Waals surface area (Å²) in [5, 5.41) is 4.21. The van der Waals surface area contributed by atoms with Gasteiger partial charge in [0.2, 0.25) is 0 Å². The molecule has 0 radical (unpaired) electrons. The van der Waals surface area contributed by atoms with Gasteiger partial charge < -0.3 is 10.3 Å². The first-order valence-electron chi connectivity index (χ1n) is 8.38. The highest BCUT2D eigenvalue weighted by atomic mass is 16.1. The lowest BCUT2D eigenvalue weighted by molar-refractivity contribution is 0.0954. The fraction of sp³-hybridized carbons (Fsp3) is 0.286. The fourth-order valence-electron chi connectivity index (χ4n) is 2.79. The predicted molar refractivity (Wildman–Crippen MR) is 99.5 cm³/mol. The molecule has 3 nitrogen and oxygen atoms in total. The fourth-order valence-corrected chi connectivity index (χ4v) is 2.79. The van der Waals surface area contributed by atoms with Crippen molar-refractivity contribution in [3.8, 4) is 0 Å². The Kier molecular flexibility index (Phi) is 4.43. The Morgan fingerprint density at radius 3 is 2.50 bits per heavy atom. The second-order valence-electron chi connectivity index (χ2n) is 7.23. The maximum absolute atomic E-state index is 12.2. The van der Waals surface area contributed by atoms with Crippen molar-refractivity contribution in [1.82, 2.24) is 10.3 Å². The van der Waals surface area contributed by atoms with E-state index in [2.05, 4.69) is 55.3 Å². The maximum Gasteiger partial charge on any atom is 0.251 e. The SMILES string of the molecule is CC(C)(C)c1ccc(C(=O)NCCc2ccc3cc[nH]c3c2)cc1. The summed E-state index contributed by atoms with van der Waals surface area (Å²) in [5.74, 6) is -0.0172. The minimum absolute atomic E-state index is 0.0172. The molecule has 124 valence electrons. The van der Waals surface area contributed by atoms with Crippen molar-refractivity contribution in [2.45, 2.75) is 32.6 Å². The van der Waals surface area contributed by atoms with E-state index in [4.69, 9.17) is 0 Å². The molecule has 0 aliphatic heterocycles. The minimum atomic E-state index is -0.0172. The number of rotatable bonds is 4. The average Bonchev–Trinajstić information content (AvgIpc) is 3.02. The van der Waals surface area contributed by atoms with Crippen molar-refractivity contribution in [1.29, 1.82) is 0 Å². The van der Waals surface area contributed by atoms with Gasteiger partial charge in [0.1, 0.15) is 0 Å². The molecule has 0 aliphatic carbocycles.